The maximum absolute atomic E-state index is 11.5. The summed E-state index contributed by atoms with van der Waals surface area (Å²) in [4.78, 5) is 22.4. The molecule has 0 heterocycles. The second-order valence-corrected chi connectivity index (χ2v) is 4.12. The zero-order chi connectivity index (χ0) is 10.6. The molecule has 80 valence electrons. The van der Waals surface area contributed by atoms with Crippen molar-refractivity contribution >= 4 is 12.3 Å². The number of ether oxygens (including phenoxy) is 1. The van der Waals surface area contributed by atoms with Crippen molar-refractivity contribution in [1.82, 2.24) is 0 Å². The highest BCUT2D eigenvalue weighted by molar-refractivity contribution is 5.93. The molecule has 1 aliphatic rings. The number of methoxy groups -OCH3 is 1. The van der Waals surface area contributed by atoms with Crippen LogP contribution in [0.2, 0.25) is 0 Å². The van der Waals surface area contributed by atoms with Gasteiger partial charge in [-0.15, -0.1) is 0 Å². The molecule has 3 heteroatoms. The maximum atomic E-state index is 11.5. The molecule has 0 aromatic heterocycles. The van der Waals surface area contributed by atoms with Gasteiger partial charge in [0.25, 0.3) is 0 Å². The van der Waals surface area contributed by atoms with E-state index in [9.17, 15) is 9.59 Å². The van der Waals surface area contributed by atoms with Crippen molar-refractivity contribution in [2.75, 3.05) is 7.11 Å². The van der Waals surface area contributed by atoms with E-state index in [-0.39, 0.29) is 5.97 Å². The Morgan fingerprint density at radius 1 is 1.50 bits per heavy atom. The van der Waals surface area contributed by atoms with Gasteiger partial charge in [-0.3, -0.25) is 4.79 Å². The Morgan fingerprint density at radius 3 is 2.43 bits per heavy atom. The minimum absolute atomic E-state index is 0.359. The first-order valence-corrected chi connectivity index (χ1v) is 5.23. The van der Waals surface area contributed by atoms with Crippen LogP contribution in [0.25, 0.3) is 0 Å². The van der Waals surface area contributed by atoms with Crippen LogP contribution in [-0.2, 0) is 14.3 Å². The number of esters is 1. The molecule has 1 fully saturated rings. The molecule has 0 spiro atoms. The van der Waals surface area contributed by atoms with E-state index < -0.39 is 5.41 Å². The minimum Gasteiger partial charge on any atom is -0.468 e. The summed E-state index contributed by atoms with van der Waals surface area (Å²) in [6, 6.07) is 0. The lowest BCUT2D eigenvalue weighted by atomic mass is 9.71. The molecular formula is C11H18O3. The largest absolute Gasteiger partial charge is 0.468 e. The van der Waals surface area contributed by atoms with Gasteiger partial charge in [0, 0.05) is 0 Å². The third kappa shape index (κ3) is 1.97. The summed E-state index contributed by atoms with van der Waals surface area (Å²) in [6.07, 6.45) is 5.15. The maximum Gasteiger partial charge on any atom is 0.319 e. The summed E-state index contributed by atoms with van der Waals surface area (Å²) in [5.41, 5.74) is -0.833. The highest BCUT2D eigenvalue weighted by Crippen LogP contribution is 2.39. The molecule has 0 aliphatic heterocycles. The van der Waals surface area contributed by atoms with Crippen LogP contribution in [0.15, 0.2) is 0 Å². The predicted molar refractivity (Wildman–Crippen MR) is 52.8 cm³/mol. The van der Waals surface area contributed by atoms with Crippen molar-refractivity contribution in [2.45, 2.75) is 39.0 Å². The lowest BCUT2D eigenvalue weighted by molar-refractivity contribution is -0.157. The van der Waals surface area contributed by atoms with E-state index in [0.29, 0.717) is 18.8 Å². The molecule has 0 N–H and O–H groups in total. The highest BCUT2D eigenvalue weighted by Gasteiger charge is 2.42. The molecule has 1 saturated carbocycles. The fourth-order valence-electron chi connectivity index (χ4n) is 2.17. The Labute approximate surface area is 84.8 Å². The van der Waals surface area contributed by atoms with Gasteiger partial charge in [0.1, 0.15) is 11.7 Å². The SMILES string of the molecule is CCC1CCC(C=O)(C(=O)OC)CC1. The quantitative estimate of drug-likeness (QED) is 0.395. The van der Waals surface area contributed by atoms with Crippen LogP contribution in [0, 0.1) is 11.3 Å². The van der Waals surface area contributed by atoms with E-state index in [0.717, 1.165) is 25.5 Å². The Kier molecular flexibility index (Phi) is 3.67. The van der Waals surface area contributed by atoms with E-state index in [1.54, 1.807) is 0 Å². The second-order valence-electron chi connectivity index (χ2n) is 4.12. The highest BCUT2D eigenvalue weighted by atomic mass is 16.5. The Bertz CT molecular complexity index is 215. The fraction of sp³-hybridized carbons (Fsp3) is 0.818. The third-order valence-electron chi connectivity index (χ3n) is 3.39. The van der Waals surface area contributed by atoms with Crippen LogP contribution < -0.4 is 0 Å². The Morgan fingerprint density at radius 2 is 2.07 bits per heavy atom. The fourth-order valence-corrected chi connectivity index (χ4v) is 2.17. The van der Waals surface area contributed by atoms with E-state index in [4.69, 9.17) is 0 Å². The molecule has 1 aliphatic carbocycles. The first kappa shape index (κ1) is 11.2. The van der Waals surface area contributed by atoms with Crippen molar-refractivity contribution in [1.29, 1.82) is 0 Å². The molecule has 0 aromatic carbocycles. The number of carbonyl (C=O) groups is 2. The monoisotopic (exact) mass is 198 g/mol. The number of rotatable bonds is 3. The van der Waals surface area contributed by atoms with Gasteiger partial charge in [-0.2, -0.15) is 0 Å². The molecule has 0 radical (unpaired) electrons. The van der Waals surface area contributed by atoms with Crippen molar-refractivity contribution in [3.05, 3.63) is 0 Å². The number of hydrogen-bond acceptors (Lipinski definition) is 3. The number of carbonyl (C=O) groups excluding carboxylic acids is 2. The molecular weight excluding hydrogens is 180 g/mol. The minimum atomic E-state index is -0.833. The zero-order valence-corrected chi connectivity index (χ0v) is 8.91. The summed E-state index contributed by atoms with van der Waals surface area (Å²) < 4.78 is 4.68. The number of hydrogen-bond donors (Lipinski definition) is 0. The van der Waals surface area contributed by atoms with Crippen LogP contribution in [0.4, 0.5) is 0 Å². The standard InChI is InChI=1S/C11H18O3/c1-3-9-4-6-11(8-12,7-5-9)10(13)14-2/h8-9H,3-7H2,1-2H3. The van der Waals surface area contributed by atoms with E-state index in [2.05, 4.69) is 11.7 Å². The van der Waals surface area contributed by atoms with Gasteiger partial charge in [0.05, 0.1) is 7.11 Å². The summed E-state index contributed by atoms with van der Waals surface area (Å²) in [5, 5.41) is 0. The predicted octanol–water partition coefficient (Wildman–Crippen LogP) is 1.94. The third-order valence-corrected chi connectivity index (χ3v) is 3.39. The van der Waals surface area contributed by atoms with Crippen LogP contribution in [0.5, 0.6) is 0 Å². The average Bonchev–Trinajstić information content (AvgIpc) is 2.28. The molecule has 0 saturated heterocycles. The Balaban J connectivity index is 2.66. The molecule has 3 nitrogen and oxygen atoms in total. The second kappa shape index (κ2) is 4.58. The van der Waals surface area contributed by atoms with Crippen LogP contribution in [0.1, 0.15) is 39.0 Å². The van der Waals surface area contributed by atoms with Crippen molar-refractivity contribution in [2.24, 2.45) is 11.3 Å². The molecule has 0 bridgehead atoms. The van der Waals surface area contributed by atoms with Crippen LogP contribution >= 0.6 is 0 Å². The van der Waals surface area contributed by atoms with Gasteiger partial charge < -0.3 is 9.53 Å². The van der Waals surface area contributed by atoms with Crippen LogP contribution in [0.3, 0.4) is 0 Å². The smallest absolute Gasteiger partial charge is 0.319 e. The van der Waals surface area contributed by atoms with Crippen molar-refractivity contribution in [3.8, 4) is 0 Å². The molecule has 0 unspecified atom stereocenters. The molecule has 0 amide bonds. The van der Waals surface area contributed by atoms with Gasteiger partial charge in [-0.1, -0.05) is 13.3 Å². The summed E-state index contributed by atoms with van der Waals surface area (Å²) in [5.74, 6) is 0.315. The zero-order valence-electron chi connectivity index (χ0n) is 8.91. The summed E-state index contributed by atoms with van der Waals surface area (Å²) >= 11 is 0. The molecule has 0 atom stereocenters. The van der Waals surface area contributed by atoms with Gasteiger partial charge in [0.15, 0.2) is 0 Å². The van der Waals surface area contributed by atoms with Gasteiger partial charge >= 0.3 is 5.97 Å². The van der Waals surface area contributed by atoms with Crippen LogP contribution in [-0.4, -0.2) is 19.4 Å². The first-order chi connectivity index (χ1) is 6.68. The molecule has 14 heavy (non-hydrogen) atoms. The van der Waals surface area contributed by atoms with Crippen molar-refractivity contribution in [3.63, 3.8) is 0 Å². The summed E-state index contributed by atoms with van der Waals surface area (Å²) in [7, 11) is 1.35. The first-order valence-electron chi connectivity index (χ1n) is 5.23. The van der Waals surface area contributed by atoms with E-state index >= 15 is 0 Å². The lowest BCUT2D eigenvalue weighted by Crippen LogP contribution is -2.37. The normalized spacial score (nSPS) is 32.3. The Hall–Kier alpha value is -0.860. The lowest BCUT2D eigenvalue weighted by Gasteiger charge is -2.33. The number of aldehydes is 1. The topological polar surface area (TPSA) is 43.4 Å². The van der Waals surface area contributed by atoms with Crippen molar-refractivity contribution < 1.29 is 14.3 Å². The molecule has 0 aromatic rings. The van der Waals surface area contributed by atoms with Gasteiger partial charge in [-0.25, -0.2) is 0 Å². The van der Waals surface area contributed by atoms with E-state index in [1.807, 2.05) is 0 Å². The molecule has 1 rings (SSSR count). The average molecular weight is 198 g/mol. The van der Waals surface area contributed by atoms with E-state index in [1.165, 1.54) is 7.11 Å². The van der Waals surface area contributed by atoms with Gasteiger partial charge in [-0.05, 0) is 31.6 Å². The van der Waals surface area contributed by atoms with Gasteiger partial charge in [0.2, 0.25) is 0 Å². The summed E-state index contributed by atoms with van der Waals surface area (Å²) in [6.45, 7) is 2.15.